The predicted octanol–water partition coefficient (Wildman–Crippen LogP) is 4.49. The summed E-state index contributed by atoms with van der Waals surface area (Å²) in [5.74, 6) is 0.371. The van der Waals surface area contributed by atoms with Gasteiger partial charge in [-0.2, -0.15) is 0 Å². The van der Waals surface area contributed by atoms with Gasteiger partial charge < -0.3 is 5.32 Å². The number of hydrogen-bond donors (Lipinski definition) is 1. The lowest BCUT2D eigenvalue weighted by Crippen LogP contribution is -2.30. The molecule has 1 N–H and O–H groups in total. The standard InChI is InChI=1S/C13H19Cl2N/c1-4-5-13(16-3)9(2)11-8-10(14)6-7-12(11)15/h6-9,13,16H,4-5H2,1-3H3. The van der Waals surface area contributed by atoms with E-state index in [1.165, 1.54) is 0 Å². The molecule has 0 radical (unpaired) electrons. The van der Waals surface area contributed by atoms with Crippen molar-refractivity contribution in [3.05, 3.63) is 33.8 Å². The molecule has 0 spiro atoms. The molecule has 0 aliphatic rings. The van der Waals surface area contributed by atoms with Crippen LogP contribution in [-0.2, 0) is 0 Å². The monoisotopic (exact) mass is 259 g/mol. The van der Waals surface area contributed by atoms with Crippen LogP contribution in [0.5, 0.6) is 0 Å². The minimum atomic E-state index is 0.371. The Bertz CT molecular complexity index is 339. The third kappa shape index (κ3) is 3.38. The molecule has 0 saturated heterocycles. The molecule has 0 heterocycles. The first-order valence-electron chi connectivity index (χ1n) is 5.72. The van der Waals surface area contributed by atoms with Crippen molar-refractivity contribution in [2.45, 2.75) is 38.6 Å². The van der Waals surface area contributed by atoms with Crippen LogP contribution in [0.4, 0.5) is 0 Å². The zero-order chi connectivity index (χ0) is 12.1. The van der Waals surface area contributed by atoms with E-state index in [-0.39, 0.29) is 0 Å². The fourth-order valence-corrected chi connectivity index (χ4v) is 2.51. The largest absolute Gasteiger partial charge is 0.316 e. The number of hydrogen-bond acceptors (Lipinski definition) is 1. The molecule has 16 heavy (non-hydrogen) atoms. The summed E-state index contributed by atoms with van der Waals surface area (Å²) < 4.78 is 0. The number of benzene rings is 1. The molecule has 0 fully saturated rings. The molecule has 0 aliphatic heterocycles. The van der Waals surface area contributed by atoms with E-state index < -0.39 is 0 Å². The second-order valence-electron chi connectivity index (χ2n) is 4.14. The van der Waals surface area contributed by atoms with Crippen LogP contribution in [0.15, 0.2) is 18.2 Å². The van der Waals surface area contributed by atoms with Gasteiger partial charge in [-0.05, 0) is 43.1 Å². The van der Waals surface area contributed by atoms with E-state index in [1.807, 2.05) is 25.2 Å². The van der Waals surface area contributed by atoms with Gasteiger partial charge in [-0.1, -0.05) is 43.5 Å². The minimum Gasteiger partial charge on any atom is -0.316 e. The first kappa shape index (κ1) is 13.8. The van der Waals surface area contributed by atoms with Gasteiger partial charge in [-0.3, -0.25) is 0 Å². The highest BCUT2D eigenvalue weighted by molar-refractivity contribution is 6.33. The fourth-order valence-electron chi connectivity index (χ4n) is 2.04. The number of nitrogens with one attached hydrogen (secondary N) is 1. The lowest BCUT2D eigenvalue weighted by atomic mass is 9.90. The van der Waals surface area contributed by atoms with E-state index in [2.05, 4.69) is 19.2 Å². The van der Waals surface area contributed by atoms with Crippen molar-refractivity contribution in [3.63, 3.8) is 0 Å². The van der Waals surface area contributed by atoms with Crippen LogP contribution >= 0.6 is 23.2 Å². The molecule has 3 heteroatoms. The summed E-state index contributed by atoms with van der Waals surface area (Å²) >= 11 is 12.2. The Kier molecular flexibility index (Phi) is 5.60. The summed E-state index contributed by atoms with van der Waals surface area (Å²) in [6, 6.07) is 6.11. The molecule has 2 unspecified atom stereocenters. The number of rotatable bonds is 5. The normalized spacial score (nSPS) is 14.8. The fraction of sp³-hybridized carbons (Fsp3) is 0.538. The van der Waals surface area contributed by atoms with Gasteiger partial charge in [0.1, 0.15) is 0 Å². The average Bonchev–Trinajstić information content (AvgIpc) is 2.28. The molecule has 0 bridgehead atoms. The van der Waals surface area contributed by atoms with Crippen LogP contribution in [0.25, 0.3) is 0 Å². The van der Waals surface area contributed by atoms with Crippen molar-refractivity contribution >= 4 is 23.2 Å². The summed E-state index contributed by atoms with van der Waals surface area (Å²) in [5.41, 5.74) is 1.13. The van der Waals surface area contributed by atoms with Crippen LogP contribution in [0.1, 0.15) is 38.2 Å². The van der Waals surface area contributed by atoms with Crippen molar-refractivity contribution < 1.29 is 0 Å². The van der Waals surface area contributed by atoms with E-state index in [0.717, 1.165) is 28.5 Å². The molecule has 0 aliphatic carbocycles. The zero-order valence-corrected chi connectivity index (χ0v) is 11.6. The predicted molar refractivity (Wildman–Crippen MR) is 72.6 cm³/mol. The van der Waals surface area contributed by atoms with Crippen molar-refractivity contribution in [2.24, 2.45) is 0 Å². The quantitative estimate of drug-likeness (QED) is 0.822. The van der Waals surface area contributed by atoms with Crippen LogP contribution in [0.2, 0.25) is 10.0 Å². The first-order chi connectivity index (χ1) is 7.60. The Morgan fingerprint density at radius 2 is 2.00 bits per heavy atom. The third-order valence-corrected chi connectivity index (χ3v) is 3.60. The summed E-state index contributed by atoms with van der Waals surface area (Å²) in [6.07, 6.45) is 2.30. The number of likely N-dealkylation sites (N-methyl/N-ethyl adjacent to an activating group) is 1. The van der Waals surface area contributed by atoms with Crippen LogP contribution in [-0.4, -0.2) is 13.1 Å². The highest BCUT2D eigenvalue weighted by Gasteiger charge is 2.18. The third-order valence-electron chi connectivity index (χ3n) is 3.02. The molecule has 0 amide bonds. The summed E-state index contributed by atoms with van der Waals surface area (Å²) in [5, 5.41) is 4.89. The Hall–Kier alpha value is -0.240. The maximum absolute atomic E-state index is 6.21. The second kappa shape index (κ2) is 6.48. The molecule has 1 nitrogen and oxygen atoms in total. The Morgan fingerprint density at radius 1 is 1.31 bits per heavy atom. The van der Waals surface area contributed by atoms with E-state index in [1.54, 1.807) is 0 Å². The summed E-state index contributed by atoms with van der Waals surface area (Å²) in [6.45, 7) is 4.38. The Balaban J connectivity index is 2.93. The molecule has 90 valence electrons. The lowest BCUT2D eigenvalue weighted by molar-refractivity contribution is 0.451. The van der Waals surface area contributed by atoms with Gasteiger partial charge in [0.15, 0.2) is 0 Å². The molecule has 1 rings (SSSR count). The summed E-state index contributed by atoms with van der Waals surface area (Å²) in [4.78, 5) is 0. The Morgan fingerprint density at radius 3 is 2.56 bits per heavy atom. The minimum absolute atomic E-state index is 0.371. The molecule has 1 aromatic carbocycles. The van der Waals surface area contributed by atoms with Crippen LogP contribution in [0.3, 0.4) is 0 Å². The van der Waals surface area contributed by atoms with Gasteiger partial charge in [0.05, 0.1) is 0 Å². The molecule has 0 saturated carbocycles. The van der Waals surface area contributed by atoms with Gasteiger partial charge in [0.25, 0.3) is 0 Å². The molecule has 2 atom stereocenters. The highest BCUT2D eigenvalue weighted by atomic mass is 35.5. The maximum Gasteiger partial charge on any atom is 0.0442 e. The van der Waals surface area contributed by atoms with Crippen molar-refractivity contribution in [3.8, 4) is 0 Å². The molecular weight excluding hydrogens is 241 g/mol. The second-order valence-corrected chi connectivity index (χ2v) is 4.98. The smallest absolute Gasteiger partial charge is 0.0442 e. The van der Waals surface area contributed by atoms with Crippen molar-refractivity contribution in [1.82, 2.24) is 5.32 Å². The van der Waals surface area contributed by atoms with Crippen LogP contribution in [0, 0.1) is 0 Å². The van der Waals surface area contributed by atoms with Gasteiger partial charge in [-0.25, -0.2) is 0 Å². The van der Waals surface area contributed by atoms with Gasteiger partial charge in [-0.15, -0.1) is 0 Å². The van der Waals surface area contributed by atoms with E-state index >= 15 is 0 Å². The number of halogens is 2. The topological polar surface area (TPSA) is 12.0 Å². The Labute approximate surface area is 108 Å². The van der Waals surface area contributed by atoms with E-state index in [9.17, 15) is 0 Å². The lowest BCUT2D eigenvalue weighted by Gasteiger charge is -2.24. The molecular formula is C13H19Cl2N. The van der Waals surface area contributed by atoms with E-state index in [4.69, 9.17) is 23.2 Å². The average molecular weight is 260 g/mol. The highest BCUT2D eigenvalue weighted by Crippen LogP contribution is 2.30. The van der Waals surface area contributed by atoms with Gasteiger partial charge in [0, 0.05) is 16.1 Å². The SMILES string of the molecule is CCCC(NC)C(C)c1cc(Cl)ccc1Cl. The van der Waals surface area contributed by atoms with Gasteiger partial charge >= 0.3 is 0 Å². The van der Waals surface area contributed by atoms with Crippen LogP contribution < -0.4 is 5.32 Å². The summed E-state index contributed by atoms with van der Waals surface area (Å²) in [7, 11) is 2.00. The first-order valence-corrected chi connectivity index (χ1v) is 6.48. The zero-order valence-electron chi connectivity index (χ0n) is 10.1. The van der Waals surface area contributed by atoms with Gasteiger partial charge in [0.2, 0.25) is 0 Å². The van der Waals surface area contributed by atoms with E-state index in [0.29, 0.717) is 12.0 Å². The van der Waals surface area contributed by atoms with Crippen molar-refractivity contribution in [1.29, 1.82) is 0 Å². The van der Waals surface area contributed by atoms with Crippen molar-refractivity contribution in [2.75, 3.05) is 7.05 Å². The molecule has 0 aromatic heterocycles. The maximum atomic E-state index is 6.21. The molecule has 1 aromatic rings.